The van der Waals surface area contributed by atoms with E-state index in [1.165, 1.54) is 11.3 Å². The molecule has 0 saturated heterocycles. The van der Waals surface area contributed by atoms with Crippen LogP contribution in [0.5, 0.6) is 0 Å². The van der Waals surface area contributed by atoms with E-state index in [2.05, 4.69) is 4.98 Å². The quantitative estimate of drug-likeness (QED) is 0.575. The van der Waals surface area contributed by atoms with Crippen LogP contribution in [0.25, 0.3) is 0 Å². The lowest BCUT2D eigenvalue weighted by Gasteiger charge is -2.25. The largest absolute Gasteiger partial charge is 0.458 e. The van der Waals surface area contributed by atoms with Gasteiger partial charge in [0.05, 0.1) is 21.8 Å². The molecular formula is C19H20N2O4S. The molecule has 3 rings (SSSR count). The summed E-state index contributed by atoms with van der Waals surface area (Å²) in [5.74, 6) is -1.37. The first-order valence-corrected chi connectivity index (χ1v) is 9.31. The fraction of sp³-hybridized carbons (Fsp3) is 0.368. The van der Waals surface area contributed by atoms with Crippen molar-refractivity contribution in [3.8, 4) is 0 Å². The summed E-state index contributed by atoms with van der Waals surface area (Å²) in [6.45, 7) is 5.77. The number of hydrogen-bond acceptors (Lipinski definition) is 6. The van der Waals surface area contributed by atoms with Gasteiger partial charge in [0.2, 0.25) is 0 Å². The number of amides is 2. The second-order valence-electron chi connectivity index (χ2n) is 6.64. The number of rotatable bonds is 6. The number of carbonyl (C=O) groups is 3. The van der Waals surface area contributed by atoms with Crippen LogP contribution < -0.4 is 0 Å². The monoisotopic (exact) mass is 372 g/mol. The average molecular weight is 372 g/mol. The number of ether oxygens (including phenoxy) is 1. The number of carbonyl (C=O) groups excluding carboxylic acids is 3. The van der Waals surface area contributed by atoms with Crippen molar-refractivity contribution in [1.29, 1.82) is 0 Å². The summed E-state index contributed by atoms with van der Waals surface area (Å²) < 4.78 is 5.37. The van der Waals surface area contributed by atoms with Crippen molar-refractivity contribution in [3.05, 3.63) is 51.5 Å². The van der Waals surface area contributed by atoms with Crippen LogP contribution in [-0.2, 0) is 16.1 Å². The number of esters is 1. The van der Waals surface area contributed by atoms with Crippen molar-refractivity contribution in [2.75, 3.05) is 0 Å². The third kappa shape index (κ3) is 3.53. The van der Waals surface area contributed by atoms with Gasteiger partial charge in [-0.3, -0.25) is 14.5 Å². The van der Waals surface area contributed by atoms with E-state index in [1.54, 1.807) is 24.3 Å². The van der Waals surface area contributed by atoms with Gasteiger partial charge in [-0.25, -0.2) is 9.78 Å². The Balaban J connectivity index is 1.81. The van der Waals surface area contributed by atoms with Gasteiger partial charge in [-0.05, 0) is 31.4 Å². The summed E-state index contributed by atoms with van der Waals surface area (Å²) in [4.78, 5) is 43.4. The van der Waals surface area contributed by atoms with Crippen molar-refractivity contribution < 1.29 is 19.1 Å². The topological polar surface area (TPSA) is 76.6 Å². The molecule has 0 fully saturated rings. The first-order chi connectivity index (χ1) is 12.4. The fourth-order valence-corrected chi connectivity index (χ4v) is 3.56. The Morgan fingerprint density at radius 1 is 1.19 bits per heavy atom. The maximum Gasteiger partial charge on any atom is 0.329 e. The van der Waals surface area contributed by atoms with Crippen molar-refractivity contribution >= 4 is 29.1 Å². The number of aryl methyl sites for hydroxylation is 1. The molecule has 1 aliphatic rings. The first kappa shape index (κ1) is 18.3. The highest BCUT2D eigenvalue weighted by molar-refractivity contribution is 7.09. The van der Waals surface area contributed by atoms with Crippen LogP contribution in [0.15, 0.2) is 29.6 Å². The van der Waals surface area contributed by atoms with Crippen LogP contribution in [0.4, 0.5) is 0 Å². The van der Waals surface area contributed by atoms with Crippen molar-refractivity contribution in [3.63, 3.8) is 0 Å². The fourth-order valence-electron chi connectivity index (χ4n) is 2.96. The maximum atomic E-state index is 12.7. The van der Waals surface area contributed by atoms with Gasteiger partial charge >= 0.3 is 5.97 Å². The first-order valence-electron chi connectivity index (χ1n) is 8.43. The van der Waals surface area contributed by atoms with E-state index in [1.807, 2.05) is 26.2 Å². The summed E-state index contributed by atoms with van der Waals surface area (Å²) in [5, 5.41) is 2.71. The SMILES string of the molecule is Cc1nc(COC(=O)[C@H](CC(C)C)N2C(=O)c3ccccc3C2=O)cs1. The summed E-state index contributed by atoms with van der Waals surface area (Å²) >= 11 is 1.47. The Labute approximate surface area is 155 Å². The maximum absolute atomic E-state index is 12.7. The number of imide groups is 1. The van der Waals surface area contributed by atoms with E-state index in [-0.39, 0.29) is 12.5 Å². The van der Waals surface area contributed by atoms with Gasteiger partial charge in [-0.15, -0.1) is 11.3 Å². The molecule has 0 radical (unpaired) electrons. The second kappa shape index (κ2) is 7.37. The Hall–Kier alpha value is -2.54. The molecule has 0 bridgehead atoms. The zero-order valence-electron chi connectivity index (χ0n) is 14.9. The molecule has 6 nitrogen and oxygen atoms in total. The molecule has 1 aliphatic heterocycles. The Kier molecular flexibility index (Phi) is 5.18. The minimum atomic E-state index is -0.942. The second-order valence-corrected chi connectivity index (χ2v) is 7.70. The Morgan fingerprint density at radius 2 is 1.81 bits per heavy atom. The van der Waals surface area contributed by atoms with E-state index in [0.29, 0.717) is 23.2 Å². The number of thiazole rings is 1. The number of aromatic nitrogens is 1. The van der Waals surface area contributed by atoms with Gasteiger partial charge in [0.1, 0.15) is 12.6 Å². The van der Waals surface area contributed by atoms with Gasteiger partial charge in [0.25, 0.3) is 11.8 Å². The molecular weight excluding hydrogens is 352 g/mol. The van der Waals surface area contributed by atoms with E-state index in [0.717, 1.165) is 9.91 Å². The van der Waals surface area contributed by atoms with Gasteiger partial charge < -0.3 is 4.74 Å². The predicted octanol–water partition coefficient (Wildman–Crippen LogP) is 3.21. The average Bonchev–Trinajstić information content (AvgIpc) is 3.13. The molecule has 0 aliphatic carbocycles. The van der Waals surface area contributed by atoms with Crippen LogP contribution >= 0.6 is 11.3 Å². The van der Waals surface area contributed by atoms with Crippen LogP contribution in [0.1, 0.15) is 51.7 Å². The molecule has 7 heteroatoms. The molecule has 0 spiro atoms. The summed E-state index contributed by atoms with van der Waals surface area (Å²) in [5.41, 5.74) is 1.31. The third-order valence-electron chi connectivity index (χ3n) is 4.13. The number of hydrogen-bond donors (Lipinski definition) is 0. The number of benzene rings is 1. The molecule has 1 aromatic carbocycles. The van der Waals surface area contributed by atoms with E-state index in [9.17, 15) is 14.4 Å². The summed E-state index contributed by atoms with van der Waals surface area (Å²) in [6, 6.07) is 5.67. The lowest BCUT2D eigenvalue weighted by molar-refractivity contribution is -0.150. The molecule has 26 heavy (non-hydrogen) atoms. The van der Waals surface area contributed by atoms with E-state index in [4.69, 9.17) is 4.74 Å². The highest BCUT2D eigenvalue weighted by Crippen LogP contribution is 2.27. The molecule has 2 heterocycles. The Morgan fingerprint density at radius 3 is 2.31 bits per heavy atom. The minimum absolute atomic E-state index is 0.0287. The van der Waals surface area contributed by atoms with Crippen molar-refractivity contribution in [1.82, 2.24) is 9.88 Å². The predicted molar refractivity (Wildman–Crippen MR) is 96.8 cm³/mol. The highest BCUT2D eigenvalue weighted by Gasteiger charge is 2.43. The lowest BCUT2D eigenvalue weighted by Crippen LogP contribution is -2.46. The zero-order valence-corrected chi connectivity index (χ0v) is 15.7. The molecule has 0 unspecified atom stereocenters. The van der Waals surface area contributed by atoms with Crippen LogP contribution in [-0.4, -0.2) is 33.7 Å². The number of fused-ring (bicyclic) bond motifs is 1. The Bertz CT molecular complexity index is 824. The van der Waals surface area contributed by atoms with Gasteiger partial charge in [-0.1, -0.05) is 26.0 Å². The van der Waals surface area contributed by atoms with Gasteiger partial charge in [0, 0.05) is 5.38 Å². The molecule has 1 atom stereocenters. The molecule has 0 saturated carbocycles. The van der Waals surface area contributed by atoms with E-state index >= 15 is 0 Å². The molecule has 136 valence electrons. The molecule has 0 N–H and O–H groups in total. The van der Waals surface area contributed by atoms with Crippen LogP contribution in [0.3, 0.4) is 0 Å². The molecule has 2 amide bonds. The summed E-state index contributed by atoms with van der Waals surface area (Å²) in [6.07, 6.45) is 0.348. The van der Waals surface area contributed by atoms with Gasteiger partial charge in [0.15, 0.2) is 0 Å². The van der Waals surface area contributed by atoms with E-state index < -0.39 is 23.8 Å². The molecule has 2 aromatic rings. The zero-order chi connectivity index (χ0) is 18.8. The number of nitrogens with zero attached hydrogens (tertiary/aromatic N) is 2. The third-order valence-corrected chi connectivity index (χ3v) is 4.96. The lowest BCUT2D eigenvalue weighted by atomic mass is 10.0. The highest BCUT2D eigenvalue weighted by atomic mass is 32.1. The minimum Gasteiger partial charge on any atom is -0.458 e. The van der Waals surface area contributed by atoms with Gasteiger partial charge in [-0.2, -0.15) is 0 Å². The van der Waals surface area contributed by atoms with Crippen molar-refractivity contribution in [2.45, 2.75) is 39.8 Å². The smallest absolute Gasteiger partial charge is 0.329 e. The molecule has 1 aromatic heterocycles. The summed E-state index contributed by atoms with van der Waals surface area (Å²) in [7, 11) is 0. The van der Waals surface area contributed by atoms with Crippen molar-refractivity contribution in [2.24, 2.45) is 5.92 Å². The van der Waals surface area contributed by atoms with Crippen LogP contribution in [0.2, 0.25) is 0 Å². The standard InChI is InChI=1S/C19H20N2O4S/c1-11(2)8-16(19(24)25-9-13-10-26-12(3)20-13)21-17(22)14-6-4-5-7-15(14)18(21)23/h4-7,10-11,16H,8-9H2,1-3H3/t16-/m0/s1. The normalized spacial score (nSPS) is 14.7. The van der Waals surface area contributed by atoms with Crippen LogP contribution in [0, 0.1) is 12.8 Å².